The van der Waals surface area contributed by atoms with Crippen LogP contribution in [0.5, 0.6) is 17.2 Å². The van der Waals surface area contributed by atoms with Gasteiger partial charge in [0.2, 0.25) is 5.75 Å². The Morgan fingerprint density at radius 2 is 1.71 bits per heavy atom. The van der Waals surface area contributed by atoms with Gasteiger partial charge in [-0.3, -0.25) is 9.48 Å². The predicted octanol–water partition coefficient (Wildman–Crippen LogP) is 3.40. The van der Waals surface area contributed by atoms with Crippen molar-refractivity contribution in [2.75, 3.05) is 26.6 Å². The van der Waals surface area contributed by atoms with Crippen molar-refractivity contribution in [1.82, 2.24) is 9.78 Å². The molecule has 0 unspecified atom stereocenters. The van der Waals surface area contributed by atoms with Gasteiger partial charge in [-0.1, -0.05) is 30.3 Å². The van der Waals surface area contributed by atoms with Crippen molar-refractivity contribution in [3.8, 4) is 17.2 Å². The molecule has 28 heavy (non-hydrogen) atoms. The second-order valence-electron chi connectivity index (χ2n) is 6.10. The number of aromatic nitrogens is 2. The number of carbonyl (C=O) groups is 1. The van der Waals surface area contributed by atoms with E-state index in [0.29, 0.717) is 28.5 Å². The van der Waals surface area contributed by atoms with Crippen LogP contribution in [0.4, 0.5) is 5.69 Å². The summed E-state index contributed by atoms with van der Waals surface area (Å²) in [5, 5.41) is 7.15. The molecule has 0 aliphatic rings. The lowest BCUT2D eigenvalue weighted by atomic mass is 10.1. The Morgan fingerprint density at radius 3 is 2.32 bits per heavy atom. The lowest BCUT2D eigenvalue weighted by Crippen LogP contribution is -2.12. The molecule has 0 fully saturated rings. The van der Waals surface area contributed by atoms with Crippen LogP contribution < -0.4 is 19.5 Å². The van der Waals surface area contributed by atoms with E-state index in [1.807, 2.05) is 18.2 Å². The molecule has 0 aliphatic heterocycles. The second-order valence-corrected chi connectivity index (χ2v) is 6.10. The van der Waals surface area contributed by atoms with Gasteiger partial charge in [-0.15, -0.1) is 0 Å². The fraction of sp³-hybridized carbons (Fsp3) is 0.238. The van der Waals surface area contributed by atoms with E-state index >= 15 is 0 Å². The quantitative estimate of drug-likeness (QED) is 0.647. The number of hydrogen-bond donors (Lipinski definition) is 1. The van der Waals surface area contributed by atoms with Crippen molar-refractivity contribution in [2.24, 2.45) is 0 Å². The van der Waals surface area contributed by atoms with Gasteiger partial charge in [-0.05, 0) is 24.1 Å². The molecule has 0 saturated heterocycles. The number of benzene rings is 2. The Morgan fingerprint density at radius 1 is 1.04 bits per heavy atom. The summed E-state index contributed by atoms with van der Waals surface area (Å²) in [5.74, 6) is 0.994. The van der Waals surface area contributed by atoms with Crippen LogP contribution in [-0.2, 0) is 13.0 Å². The number of aryl methyl sites for hydroxylation is 2. The van der Waals surface area contributed by atoms with E-state index in [4.69, 9.17) is 14.2 Å². The fourth-order valence-electron chi connectivity index (χ4n) is 2.85. The molecule has 2 aromatic carbocycles. The highest BCUT2D eigenvalue weighted by Crippen LogP contribution is 2.38. The Balaban J connectivity index is 1.69. The first kappa shape index (κ1) is 19.3. The van der Waals surface area contributed by atoms with E-state index in [1.54, 1.807) is 29.2 Å². The van der Waals surface area contributed by atoms with E-state index in [1.165, 1.54) is 26.9 Å². The molecule has 0 aliphatic carbocycles. The zero-order chi connectivity index (χ0) is 19.9. The molecular formula is C21H23N3O4. The number of amides is 1. The highest BCUT2D eigenvalue weighted by Gasteiger charge is 2.17. The van der Waals surface area contributed by atoms with Gasteiger partial charge in [0.05, 0.1) is 33.2 Å². The third kappa shape index (κ3) is 4.43. The van der Waals surface area contributed by atoms with Gasteiger partial charge in [0.15, 0.2) is 11.5 Å². The van der Waals surface area contributed by atoms with Crippen LogP contribution in [-0.4, -0.2) is 37.0 Å². The average Bonchev–Trinajstić information content (AvgIpc) is 3.19. The van der Waals surface area contributed by atoms with Crippen LogP contribution in [0.25, 0.3) is 0 Å². The van der Waals surface area contributed by atoms with Crippen LogP contribution in [0.2, 0.25) is 0 Å². The van der Waals surface area contributed by atoms with Gasteiger partial charge in [0.1, 0.15) is 0 Å². The number of methoxy groups -OCH3 is 3. The first-order valence-electron chi connectivity index (χ1n) is 8.82. The van der Waals surface area contributed by atoms with Gasteiger partial charge in [-0.25, -0.2) is 0 Å². The molecule has 1 N–H and O–H groups in total. The normalized spacial score (nSPS) is 10.4. The van der Waals surface area contributed by atoms with Gasteiger partial charge in [0.25, 0.3) is 5.91 Å². The SMILES string of the molecule is COc1cc(C(=O)Nc2cnn(CCc3ccccc3)c2)cc(OC)c1OC. The van der Waals surface area contributed by atoms with E-state index < -0.39 is 0 Å². The van der Waals surface area contributed by atoms with Crippen LogP contribution in [0.3, 0.4) is 0 Å². The highest BCUT2D eigenvalue weighted by molar-refractivity contribution is 6.05. The van der Waals surface area contributed by atoms with Crippen LogP contribution in [0.1, 0.15) is 15.9 Å². The molecule has 0 saturated carbocycles. The zero-order valence-corrected chi connectivity index (χ0v) is 16.1. The minimum Gasteiger partial charge on any atom is -0.493 e. The van der Waals surface area contributed by atoms with Crippen molar-refractivity contribution in [3.05, 3.63) is 66.0 Å². The van der Waals surface area contributed by atoms with Crippen molar-refractivity contribution in [3.63, 3.8) is 0 Å². The summed E-state index contributed by atoms with van der Waals surface area (Å²) >= 11 is 0. The number of nitrogens with one attached hydrogen (secondary N) is 1. The number of carbonyl (C=O) groups excluding carboxylic acids is 1. The first-order chi connectivity index (χ1) is 13.6. The van der Waals surface area contributed by atoms with E-state index in [9.17, 15) is 4.79 Å². The monoisotopic (exact) mass is 381 g/mol. The molecule has 1 aromatic heterocycles. The maximum Gasteiger partial charge on any atom is 0.256 e. The molecule has 146 valence electrons. The maximum absolute atomic E-state index is 12.6. The smallest absolute Gasteiger partial charge is 0.256 e. The second kappa shape index (κ2) is 8.94. The minimum absolute atomic E-state index is 0.290. The van der Waals surface area contributed by atoms with Crippen molar-refractivity contribution < 1.29 is 19.0 Å². The molecule has 3 aromatic rings. The third-order valence-corrected chi connectivity index (χ3v) is 4.29. The molecule has 1 heterocycles. The molecule has 1 amide bonds. The lowest BCUT2D eigenvalue weighted by molar-refractivity contribution is 0.102. The Bertz CT molecular complexity index is 913. The van der Waals surface area contributed by atoms with E-state index in [-0.39, 0.29) is 5.91 Å². The van der Waals surface area contributed by atoms with Gasteiger partial charge < -0.3 is 19.5 Å². The molecular weight excluding hydrogens is 358 g/mol. The number of rotatable bonds is 8. The van der Waals surface area contributed by atoms with Crippen LogP contribution >= 0.6 is 0 Å². The summed E-state index contributed by atoms with van der Waals surface area (Å²) in [6, 6.07) is 13.4. The number of anilines is 1. The average molecular weight is 381 g/mol. The number of ether oxygens (including phenoxy) is 3. The Kier molecular flexibility index (Phi) is 6.16. The lowest BCUT2D eigenvalue weighted by Gasteiger charge is -2.13. The summed E-state index contributed by atoms with van der Waals surface area (Å²) in [4.78, 5) is 12.6. The highest BCUT2D eigenvalue weighted by atomic mass is 16.5. The van der Waals surface area contributed by atoms with Crippen LogP contribution in [0, 0.1) is 0 Å². The molecule has 7 nitrogen and oxygen atoms in total. The topological polar surface area (TPSA) is 74.6 Å². The van der Waals surface area contributed by atoms with Crippen molar-refractivity contribution in [2.45, 2.75) is 13.0 Å². The summed E-state index contributed by atoms with van der Waals surface area (Å²) in [6.45, 7) is 0.726. The predicted molar refractivity (Wildman–Crippen MR) is 106 cm³/mol. The maximum atomic E-state index is 12.6. The van der Waals surface area contributed by atoms with Crippen molar-refractivity contribution >= 4 is 11.6 Å². The summed E-state index contributed by atoms with van der Waals surface area (Å²) in [6.07, 6.45) is 4.29. The van der Waals surface area contributed by atoms with Gasteiger partial charge >= 0.3 is 0 Å². The Hall–Kier alpha value is -3.48. The van der Waals surface area contributed by atoms with E-state index in [2.05, 4.69) is 22.5 Å². The number of hydrogen-bond acceptors (Lipinski definition) is 5. The Labute approximate surface area is 163 Å². The largest absolute Gasteiger partial charge is 0.493 e. The summed E-state index contributed by atoms with van der Waals surface area (Å²) < 4.78 is 17.7. The first-order valence-corrected chi connectivity index (χ1v) is 8.82. The van der Waals surface area contributed by atoms with Gasteiger partial charge in [-0.2, -0.15) is 5.10 Å². The zero-order valence-electron chi connectivity index (χ0n) is 16.1. The molecule has 0 bridgehead atoms. The molecule has 0 radical (unpaired) electrons. The standard InChI is InChI=1S/C21H23N3O4/c1-26-18-11-16(12-19(27-2)20(18)28-3)21(25)23-17-13-22-24(14-17)10-9-15-7-5-4-6-8-15/h4-8,11-14H,9-10H2,1-3H3,(H,23,25). The van der Waals surface area contributed by atoms with Crippen molar-refractivity contribution in [1.29, 1.82) is 0 Å². The summed E-state index contributed by atoms with van der Waals surface area (Å²) in [5.41, 5.74) is 2.25. The third-order valence-electron chi connectivity index (χ3n) is 4.29. The molecule has 0 spiro atoms. The van der Waals surface area contributed by atoms with Gasteiger partial charge in [0, 0.05) is 18.3 Å². The molecule has 7 heteroatoms. The van der Waals surface area contributed by atoms with Crippen LogP contribution in [0.15, 0.2) is 54.9 Å². The minimum atomic E-state index is -0.290. The van der Waals surface area contributed by atoms with E-state index in [0.717, 1.165) is 13.0 Å². The molecule has 0 atom stereocenters. The summed E-state index contributed by atoms with van der Waals surface area (Å²) in [7, 11) is 4.54. The molecule has 3 rings (SSSR count). The number of nitrogens with zero attached hydrogens (tertiary/aromatic N) is 2. The fourth-order valence-corrected chi connectivity index (χ4v) is 2.85.